The predicted octanol–water partition coefficient (Wildman–Crippen LogP) is 1.60. The van der Waals surface area contributed by atoms with Crippen molar-refractivity contribution in [3.8, 4) is 0 Å². The Kier molecular flexibility index (Phi) is 4.66. The molecule has 0 amide bonds. The highest BCUT2D eigenvalue weighted by atomic mass is 15.2. The Labute approximate surface area is 110 Å². The molecule has 0 aliphatic carbocycles. The summed E-state index contributed by atoms with van der Waals surface area (Å²) in [5.74, 6) is 0.783. The standard InChI is InChI=1S/C14H24N4/c1-11(2)15-7-13-4-5-18(9-13)10-14-8-16-12(3)6-17-14/h6,8,11,13,15H,4-5,7,9-10H2,1-3H3. The van der Waals surface area contributed by atoms with Gasteiger partial charge in [0.2, 0.25) is 0 Å². The van der Waals surface area contributed by atoms with Gasteiger partial charge in [-0.15, -0.1) is 0 Å². The van der Waals surface area contributed by atoms with Crippen molar-refractivity contribution in [2.45, 2.75) is 39.8 Å². The fourth-order valence-corrected chi connectivity index (χ4v) is 2.36. The third-order valence-corrected chi connectivity index (χ3v) is 3.40. The van der Waals surface area contributed by atoms with Crippen LogP contribution in [0.1, 0.15) is 31.7 Å². The Hall–Kier alpha value is -1.00. The summed E-state index contributed by atoms with van der Waals surface area (Å²) in [4.78, 5) is 11.2. The van der Waals surface area contributed by atoms with E-state index in [1.54, 1.807) is 0 Å². The van der Waals surface area contributed by atoms with Crippen molar-refractivity contribution < 1.29 is 0 Å². The number of aryl methyl sites for hydroxylation is 1. The molecule has 4 heteroatoms. The van der Waals surface area contributed by atoms with Crippen LogP contribution in [0.3, 0.4) is 0 Å². The summed E-state index contributed by atoms with van der Waals surface area (Å²) in [6, 6.07) is 0.585. The van der Waals surface area contributed by atoms with Crippen molar-refractivity contribution in [3.05, 3.63) is 23.8 Å². The van der Waals surface area contributed by atoms with Gasteiger partial charge in [-0.3, -0.25) is 14.9 Å². The third-order valence-electron chi connectivity index (χ3n) is 3.40. The molecule has 0 spiro atoms. The highest BCUT2D eigenvalue weighted by Crippen LogP contribution is 2.17. The first kappa shape index (κ1) is 13.4. The minimum atomic E-state index is 0.585. The number of aromatic nitrogens is 2. The van der Waals surface area contributed by atoms with Gasteiger partial charge in [-0.1, -0.05) is 13.8 Å². The number of hydrogen-bond acceptors (Lipinski definition) is 4. The van der Waals surface area contributed by atoms with Crippen molar-refractivity contribution in [3.63, 3.8) is 0 Å². The normalized spacial score (nSPS) is 20.8. The molecule has 1 fully saturated rings. The minimum absolute atomic E-state index is 0.585. The molecule has 0 radical (unpaired) electrons. The van der Waals surface area contributed by atoms with Crippen LogP contribution in [0.5, 0.6) is 0 Å². The summed E-state index contributed by atoms with van der Waals surface area (Å²) >= 11 is 0. The molecule has 4 nitrogen and oxygen atoms in total. The molecule has 100 valence electrons. The summed E-state index contributed by atoms with van der Waals surface area (Å²) in [5, 5.41) is 3.52. The second kappa shape index (κ2) is 6.25. The van der Waals surface area contributed by atoms with E-state index >= 15 is 0 Å². The Morgan fingerprint density at radius 3 is 2.89 bits per heavy atom. The Balaban J connectivity index is 1.77. The van der Waals surface area contributed by atoms with Crippen LogP contribution in [0.4, 0.5) is 0 Å². The molecular formula is C14H24N4. The van der Waals surface area contributed by atoms with Crippen LogP contribution in [0.2, 0.25) is 0 Å². The summed E-state index contributed by atoms with van der Waals surface area (Å²) in [6.45, 7) is 10.8. The number of nitrogens with zero attached hydrogens (tertiary/aromatic N) is 3. The second-order valence-corrected chi connectivity index (χ2v) is 5.60. The van der Waals surface area contributed by atoms with E-state index in [0.717, 1.165) is 30.4 Å². The van der Waals surface area contributed by atoms with Crippen LogP contribution >= 0.6 is 0 Å². The third kappa shape index (κ3) is 4.03. The van der Waals surface area contributed by atoms with Gasteiger partial charge >= 0.3 is 0 Å². The van der Waals surface area contributed by atoms with E-state index in [2.05, 4.69) is 34.0 Å². The molecule has 0 saturated carbocycles. The van der Waals surface area contributed by atoms with Crippen molar-refractivity contribution >= 4 is 0 Å². The molecule has 1 aliphatic rings. The molecule has 1 aromatic heterocycles. The zero-order valence-corrected chi connectivity index (χ0v) is 11.7. The maximum Gasteiger partial charge on any atom is 0.0727 e. The second-order valence-electron chi connectivity index (χ2n) is 5.60. The zero-order chi connectivity index (χ0) is 13.0. The van der Waals surface area contributed by atoms with E-state index in [9.17, 15) is 0 Å². The summed E-state index contributed by atoms with van der Waals surface area (Å²) in [5.41, 5.74) is 2.07. The van der Waals surface area contributed by atoms with E-state index in [0.29, 0.717) is 6.04 Å². The average Bonchev–Trinajstić information content (AvgIpc) is 2.77. The van der Waals surface area contributed by atoms with Crippen LogP contribution in [0, 0.1) is 12.8 Å². The average molecular weight is 248 g/mol. The molecule has 0 bridgehead atoms. The van der Waals surface area contributed by atoms with E-state index < -0.39 is 0 Å². The lowest BCUT2D eigenvalue weighted by Gasteiger charge is -2.16. The van der Waals surface area contributed by atoms with E-state index in [1.165, 1.54) is 19.5 Å². The molecule has 2 rings (SSSR count). The molecule has 2 heterocycles. The lowest BCUT2D eigenvalue weighted by atomic mass is 10.1. The quantitative estimate of drug-likeness (QED) is 0.859. The van der Waals surface area contributed by atoms with Gasteiger partial charge in [0.15, 0.2) is 0 Å². The highest BCUT2D eigenvalue weighted by Gasteiger charge is 2.22. The summed E-state index contributed by atoms with van der Waals surface area (Å²) in [7, 11) is 0. The van der Waals surface area contributed by atoms with Crippen LogP contribution in [0.15, 0.2) is 12.4 Å². The van der Waals surface area contributed by atoms with Crippen molar-refractivity contribution in [2.75, 3.05) is 19.6 Å². The summed E-state index contributed by atoms with van der Waals surface area (Å²) in [6.07, 6.45) is 5.04. The first-order valence-corrected chi connectivity index (χ1v) is 6.86. The molecule has 1 atom stereocenters. The lowest BCUT2D eigenvalue weighted by Crippen LogP contribution is -2.30. The monoisotopic (exact) mass is 248 g/mol. The van der Waals surface area contributed by atoms with E-state index in [-0.39, 0.29) is 0 Å². The topological polar surface area (TPSA) is 41.1 Å². The molecule has 1 aromatic rings. The minimum Gasteiger partial charge on any atom is -0.314 e. The Morgan fingerprint density at radius 2 is 2.22 bits per heavy atom. The zero-order valence-electron chi connectivity index (χ0n) is 11.7. The van der Waals surface area contributed by atoms with Gasteiger partial charge in [0.1, 0.15) is 0 Å². The van der Waals surface area contributed by atoms with Gasteiger partial charge in [-0.2, -0.15) is 0 Å². The Bertz CT molecular complexity index is 361. The molecule has 1 N–H and O–H groups in total. The smallest absolute Gasteiger partial charge is 0.0727 e. The molecule has 18 heavy (non-hydrogen) atoms. The van der Waals surface area contributed by atoms with Gasteiger partial charge in [-0.25, -0.2) is 0 Å². The van der Waals surface area contributed by atoms with Crippen LogP contribution in [0.25, 0.3) is 0 Å². The lowest BCUT2D eigenvalue weighted by molar-refractivity contribution is 0.308. The highest BCUT2D eigenvalue weighted by molar-refractivity contribution is 5.01. The van der Waals surface area contributed by atoms with Crippen LogP contribution < -0.4 is 5.32 Å². The molecule has 1 saturated heterocycles. The van der Waals surface area contributed by atoms with Crippen molar-refractivity contribution in [1.82, 2.24) is 20.2 Å². The first-order valence-electron chi connectivity index (χ1n) is 6.86. The van der Waals surface area contributed by atoms with Crippen LogP contribution in [-0.4, -0.2) is 40.5 Å². The maximum atomic E-state index is 4.42. The van der Waals surface area contributed by atoms with Gasteiger partial charge < -0.3 is 5.32 Å². The number of nitrogens with one attached hydrogen (secondary N) is 1. The molecular weight excluding hydrogens is 224 g/mol. The molecule has 1 aliphatic heterocycles. The number of rotatable bonds is 5. The molecule has 1 unspecified atom stereocenters. The van der Waals surface area contributed by atoms with Gasteiger partial charge in [0.05, 0.1) is 11.4 Å². The SMILES string of the molecule is Cc1cnc(CN2CCC(CNC(C)C)C2)cn1. The number of hydrogen-bond donors (Lipinski definition) is 1. The summed E-state index contributed by atoms with van der Waals surface area (Å²) < 4.78 is 0. The predicted molar refractivity (Wildman–Crippen MR) is 73.3 cm³/mol. The van der Waals surface area contributed by atoms with E-state index in [4.69, 9.17) is 0 Å². The fraction of sp³-hybridized carbons (Fsp3) is 0.714. The largest absolute Gasteiger partial charge is 0.314 e. The van der Waals surface area contributed by atoms with Gasteiger partial charge in [0, 0.05) is 31.5 Å². The van der Waals surface area contributed by atoms with Gasteiger partial charge in [0.25, 0.3) is 0 Å². The van der Waals surface area contributed by atoms with Crippen molar-refractivity contribution in [2.24, 2.45) is 5.92 Å². The molecule has 0 aromatic carbocycles. The first-order chi connectivity index (χ1) is 8.63. The fourth-order valence-electron chi connectivity index (χ4n) is 2.36. The maximum absolute atomic E-state index is 4.42. The number of likely N-dealkylation sites (tertiary alicyclic amines) is 1. The van der Waals surface area contributed by atoms with Crippen LogP contribution in [-0.2, 0) is 6.54 Å². The van der Waals surface area contributed by atoms with Crippen molar-refractivity contribution in [1.29, 1.82) is 0 Å². The van der Waals surface area contributed by atoms with Gasteiger partial charge in [-0.05, 0) is 32.4 Å². The Morgan fingerprint density at radius 1 is 1.39 bits per heavy atom. The van der Waals surface area contributed by atoms with E-state index in [1.807, 2.05) is 19.3 Å².